The Morgan fingerprint density at radius 2 is 1.44 bits per heavy atom. The SMILES string of the molecule is CC(C)(C)c1nc(C(C)(C)C)c2[nH]c(CC(C)(C)c3ncc4[nH]cc(C(C)(C)C)c4n3)cc2n1. The lowest BCUT2D eigenvalue weighted by Crippen LogP contribution is -2.24. The van der Waals surface area contributed by atoms with Gasteiger partial charge in [0, 0.05) is 33.7 Å². The molecule has 34 heavy (non-hydrogen) atoms. The quantitative estimate of drug-likeness (QED) is 0.359. The Hall–Kier alpha value is -2.76. The summed E-state index contributed by atoms with van der Waals surface area (Å²) in [5.74, 6) is 1.73. The normalized spacial score (nSPS) is 13.9. The summed E-state index contributed by atoms with van der Waals surface area (Å²) < 4.78 is 0. The number of nitrogens with zero attached hydrogens (tertiary/aromatic N) is 4. The second-order valence-corrected chi connectivity index (χ2v) is 13.4. The molecule has 182 valence electrons. The third-order valence-corrected chi connectivity index (χ3v) is 6.38. The van der Waals surface area contributed by atoms with E-state index in [1.54, 1.807) is 0 Å². The minimum atomic E-state index is -0.260. The van der Waals surface area contributed by atoms with Crippen LogP contribution in [0.4, 0.5) is 0 Å². The van der Waals surface area contributed by atoms with Gasteiger partial charge in [-0.3, -0.25) is 0 Å². The van der Waals surface area contributed by atoms with E-state index in [9.17, 15) is 0 Å². The van der Waals surface area contributed by atoms with Crippen LogP contribution in [0.5, 0.6) is 0 Å². The van der Waals surface area contributed by atoms with Crippen molar-refractivity contribution in [2.75, 3.05) is 0 Å². The molecule has 0 fully saturated rings. The molecule has 0 saturated carbocycles. The molecule has 4 heterocycles. The second-order valence-electron chi connectivity index (χ2n) is 13.4. The fraction of sp³-hybridized carbons (Fsp3) is 0.571. The van der Waals surface area contributed by atoms with Gasteiger partial charge in [-0.05, 0) is 17.9 Å². The van der Waals surface area contributed by atoms with Crippen LogP contribution in [-0.2, 0) is 28.1 Å². The predicted octanol–water partition coefficient (Wildman–Crippen LogP) is 6.64. The van der Waals surface area contributed by atoms with Gasteiger partial charge in [0.05, 0.1) is 34.0 Å². The Balaban J connectivity index is 1.77. The van der Waals surface area contributed by atoms with E-state index in [2.05, 4.69) is 98.4 Å². The molecule has 4 rings (SSSR count). The lowest BCUT2D eigenvalue weighted by molar-refractivity contribution is 0.483. The first-order chi connectivity index (χ1) is 15.5. The van der Waals surface area contributed by atoms with Crippen LogP contribution in [0.15, 0.2) is 18.5 Å². The van der Waals surface area contributed by atoms with Crippen molar-refractivity contribution in [1.29, 1.82) is 0 Å². The molecule has 6 heteroatoms. The molecular weight excluding hydrogens is 420 g/mol. The Bertz CT molecular complexity index is 1350. The number of fused-ring (bicyclic) bond motifs is 2. The largest absolute Gasteiger partial charge is 0.358 e. The summed E-state index contributed by atoms with van der Waals surface area (Å²) in [5, 5.41) is 0. The maximum Gasteiger partial charge on any atom is 0.135 e. The molecule has 2 N–H and O–H groups in total. The number of hydrogen-bond donors (Lipinski definition) is 2. The summed E-state index contributed by atoms with van der Waals surface area (Å²) in [4.78, 5) is 26.7. The molecule has 0 aliphatic rings. The van der Waals surface area contributed by atoms with Crippen LogP contribution in [0.3, 0.4) is 0 Å². The molecule has 0 radical (unpaired) electrons. The molecule has 0 spiro atoms. The van der Waals surface area contributed by atoms with Gasteiger partial charge in [-0.2, -0.15) is 0 Å². The molecule has 0 aromatic carbocycles. The Labute approximate surface area is 203 Å². The van der Waals surface area contributed by atoms with Crippen molar-refractivity contribution >= 4 is 22.1 Å². The van der Waals surface area contributed by atoms with Gasteiger partial charge >= 0.3 is 0 Å². The van der Waals surface area contributed by atoms with Crippen molar-refractivity contribution in [2.45, 2.75) is 104 Å². The maximum absolute atomic E-state index is 5.04. The van der Waals surface area contributed by atoms with E-state index in [0.29, 0.717) is 0 Å². The molecular formula is C28H40N6. The number of nitrogens with one attached hydrogen (secondary N) is 2. The first-order valence-electron chi connectivity index (χ1n) is 12.2. The van der Waals surface area contributed by atoms with E-state index in [0.717, 1.165) is 51.5 Å². The highest BCUT2D eigenvalue weighted by molar-refractivity contribution is 5.80. The van der Waals surface area contributed by atoms with Crippen LogP contribution in [0, 0.1) is 0 Å². The number of H-pyrrole nitrogens is 2. The van der Waals surface area contributed by atoms with Crippen molar-refractivity contribution in [3.8, 4) is 0 Å². The lowest BCUT2D eigenvalue weighted by atomic mass is 9.86. The first kappa shape index (κ1) is 24.4. The molecule has 0 saturated heterocycles. The smallest absolute Gasteiger partial charge is 0.135 e. The van der Waals surface area contributed by atoms with Crippen LogP contribution >= 0.6 is 0 Å². The van der Waals surface area contributed by atoms with Gasteiger partial charge in [0.1, 0.15) is 11.6 Å². The predicted molar refractivity (Wildman–Crippen MR) is 141 cm³/mol. The van der Waals surface area contributed by atoms with E-state index in [1.165, 1.54) is 5.56 Å². The van der Waals surface area contributed by atoms with Crippen molar-refractivity contribution in [3.63, 3.8) is 0 Å². The van der Waals surface area contributed by atoms with Gasteiger partial charge in [-0.25, -0.2) is 19.9 Å². The van der Waals surface area contributed by atoms with E-state index in [1.807, 2.05) is 6.20 Å². The summed E-state index contributed by atoms with van der Waals surface area (Å²) in [6.45, 7) is 24.2. The van der Waals surface area contributed by atoms with Crippen LogP contribution in [0.1, 0.15) is 105 Å². The third kappa shape index (κ3) is 4.47. The van der Waals surface area contributed by atoms with Crippen LogP contribution in [0.25, 0.3) is 22.1 Å². The molecule has 0 aliphatic heterocycles. The molecule has 0 amide bonds. The minimum absolute atomic E-state index is 0.0119. The fourth-order valence-corrected chi connectivity index (χ4v) is 4.40. The zero-order valence-electron chi connectivity index (χ0n) is 22.7. The number of aromatic nitrogens is 6. The molecule has 0 unspecified atom stereocenters. The zero-order valence-corrected chi connectivity index (χ0v) is 22.7. The van der Waals surface area contributed by atoms with Crippen molar-refractivity contribution in [1.82, 2.24) is 29.9 Å². The molecule has 4 aromatic heterocycles. The number of rotatable bonds is 3. The highest BCUT2D eigenvalue weighted by Crippen LogP contribution is 2.34. The number of aromatic amines is 2. The van der Waals surface area contributed by atoms with Crippen LogP contribution in [-0.4, -0.2) is 29.9 Å². The van der Waals surface area contributed by atoms with Crippen molar-refractivity contribution in [3.05, 3.63) is 47.1 Å². The van der Waals surface area contributed by atoms with Gasteiger partial charge < -0.3 is 9.97 Å². The first-order valence-corrected chi connectivity index (χ1v) is 12.2. The minimum Gasteiger partial charge on any atom is -0.358 e. The number of hydrogen-bond acceptors (Lipinski definition) is 4. The van der Waals surface area contributed by atoms with E-state index in [4.69, 9.17) is 19.9 Å². The fourth-order valence-electron chi connectivity index (χ4n) is 4.40. The summed E-state index contributed by atoms with van der Waals surface area (Å²) in [6.07, 6.45) is 4.75. The van der Waals surface area contributed by atoms with Crippen LogP contribution < -0.4 is 0 Å². The van der Waals surface area contributed by atoms with Gasteiger partial charge in [0.2, 0.25) is 0 Å². The molecule has 4 aromatic rings. The Kier molecular flexibility index (Phi) is 5.46. The highest BCUT2D eigenvalue weighted by Gasteiger charge is 2.30. The molecule has 0 aliphatic carbocycles. The summed E-state index contributed by atoms with van der Waals surface area (Å²) in [5.41, 5.74) is 6.95. The monoisotopic (exact) mass is 460 g/mol. The lowest BCUT2D eigenvalue weighted by Gasteiger charge is -2.23. The van der Waals surface area contributed by atoms with E-state index >= 15 is 0 Å². The van der Waals surface area contributed by atoms with Gasteiger partial charge in [0.15, 0.2) is 0 Å². The summed E-state index contributed by atoms with van der Waals surface area (Å²) in [6, 6.07) is 2.18. The van der Waals surface area contributed by atoms with Gasteiger partial charge in [-0.15, -0.1) is 0 Å². The summed E-state index contributed by atoms with van der Waals surface area (Å²) >= 11 is 0. The second kappa shape index (κ2) is 7.62. The topological polar surface area (TPSA) is 83.1 Å². The molecule has 0 atom stereocenters. The zero-order chi connectivity index (χ0) is 25.3. The van der Waals surface area contributed by atoms with E-state index < -0.39 is 0 Å². The average molecular weight is 461 g/mol. The standard InChI is InChI=1S/C28H40N6/c1-25(2,3)17-14-29-19-15-30-24(33-20(17)19)28(10,11)13-16-12-18-21(31-16)22(26(4,5)6)34-23(32-18)27(7,8)9/h12,14-15,29,31H,13H2,1-11H3. The summed E-state index contributed by atoms with van der Waals surface area (Å²) in [7, 11) is 0. The maximum atomic E-state index is 5.04. The Morgan fingerprint density at radius 3 is 2.03 bits per heavy atom. The highest BCUT2D eigenvalue weighted by atomic mass is 15.0. The van der Waals surface area contributed by atoms with Gasteiger partial charge in [0.25, 0.3) is 0 Å². The van der Waals surface area contributed by atoms with E-state index in [-0.39, 0.29) is 21.7 Å². The van der Waals surface area contributed by atoms with Gasteiger partial charge in [-0.1, -0.05) is 76.2 Å². The molecule has 6 nitrogen and oxygen atoms in total. The third-order valence-electron chi connectivity index (χ3n) is 6.38. The molecule has 0 bridgehead atoms. The average Bonchev–Trinajstić information content (AvgIpc) is 3.27. The Morgan fingerprint density at radius 1 is 0.765 bits per heavy atom. The van der Waals surface area contributed by atoms with Crippen LogP contribution in [0.2, 0.25) is 0 Å². The van der Waals surface area contributed by atoms with Crippen molar-refractivity contribution < 1.29 is 0 Å². The van der Waals surface area contributed by atoms with Crippen molar-refractivity contribution in [2.24, 2.45) is 0 Å².